The Morgan fingerprint density at radius 1 is 1.19 bits per heavy atom. The van der Waals surface area contributed by atoms with Gasteiger partial charge in [0, 0.05) is 29.8 Å². The molecular weight excluding hydrogens is 328 g/mol. The fourth-order valence-electron chi connectivity index (χ4n) is 3.57. The summed E-state index contributed by atoms with van der Waals surface area (Å²) >= 11 is 0. The molecule has 0 radical (unpaired) electrons. The summed E-state index contributed by atoms with van der Waals surface area (Å²) < 4.78 is 7.05. The van der Waals surface area contributed by atoms with Crippen LogP contribution in [0, 0.1) is 0 Å². The number of rotatable bonds is 4. The van der Waals surface area contributed by atoms with Crippen LogP contribution in [0.3, 0.4) is 0 Å². The molecule has 136 valence electrons. The second-order valence-electron chi connectivity index (χ2n) is 6.89. The SMILES string of the molecule is COc1cccc(Nc2cc(N)nn3cc([C@H]4CC[C@H](N)CC4)nc23)c1. The molecule has 7 heteroatoms. The predicted octanol–water partition coefficient (Wildman–Crippen LogP) is 3.05. The molecule has 3 aromatic rings. The van der Waals surface area contributed by atoms with Crippen LogP contribution >= 0.6 is 0 Å². The van der Waals surface area contributed by atoms with Gasteiger partial charge in [-0.05, 0) is 37.8 Å². The number of hydrogen-bond donors (Lipinski definition) is 3. The van der Waals surface area contributed by atoms with E-state index in [9.17, 15) is 0 Å². The molecular formula is C19H24N6O. The maximum absolute atomic E-state index is 6.03. The molecule has 7 nitrogen and oxygen atoms in total. The lowest BCUT2D eigenvalue weighted by molar-refractivity contribution is 0.391. The first-order valence-electron chi connectivity index (χ1n) is 8.95. The summed E-state index contributed by atoms with van der Waals surface area (Å²) in [4.78, 5) is 4.85. The Morgan fingerprint density at radius 3 is 2.77 bits per heavy atom. The van der Waals surface area contributed by atoms with E-state index in [4.69, 9.17) is 21.2 Å². The number of nitrogen functional groups attached to an aromatic ring is 1. The first-order chi connectivity index (χ1) is 12.6. The molecule has 5 N–H and O–H groups in total. The fraction of sp³-hybridized carbons (Fsp3) is 0.368. The van der Waals surface area contributed by atoms with Gasteiger partial charge in [-0.3, -0.25) is 0 Å². The highest BCUT2D eigenvalue weighted by Crippen LogP contribution is 2.33. The summed E-state index contributed by atoms with van der Waals surface area (Å²) in [6.07, 6.45) is 6.22. The van der Waals surface area contributed by atoms with Gasteiger partial charge in [-0.15, -0.1) is 5.10 Å². The van der Waals surface area contributed by atoms with E-state index >= 15 is 0 Å². The van der Waals surface area contributed by atoms with Crippen molar-refractivity contribution < 1.29 is 4.74 Å². The Bertz CT molecular complexity index is 914. The topological polar surface area (TPSA) is 103 Å². The van der Waals surface area contributed by atoms with Gasteiger partial charge >= 0.3 is 0 Å². The lowest BCUT2D eigenvalue weighted by atomic mass is 9.85. The molecule has 1 aromatic carbocycles. The minimum Gasteiger partial charge on any atom is -0.497 e. The quantitative estimate of drug-likeness (QED) is 0.667. The average molecular weight is 352 g/mol. The number of nitrogens with one attached hydrogen (secondary N) is 1. The molecule has 2 aromatic heterocycles. The maximum atomic E-state index is 6.03. The Kier molecular flexibility index (Phi) is 4.38. The van der Waals surface area contributed by atoms with Crippen molar-refractivity contribution in [3.63, 3.8) is 0 Å². The molecule has 0 bridgehead atoms. The highest BCUT2D eigenvalue weighted by Gasteiger charge is 2.23. The van der Waals surface area contributed by atoms with Crippen molar-refractivity contribution in [1.82, 2.24) is 14.6 Å². The lowest BCUT2D eigenvalue weighted by Gasteiger charge is -2.24. The standard InChI is InChI=1S/C19H24N6O/c1-26-15-4-2-3-14(9-15)22-16-10-18(21)24-25-11-17(23-19(16)25)12-5-7-13(20)8-6-12/h2-4,9-13,22H,5-8,20H2,1H3,(H2,21,24)/t12-,13-. The van der Waals surface area contributed by atoms with Crippen molar-refractivity contribution in [3.05, 3.63) is 42.2 Å². The van der Waals surface area contributed by atoms with Crippen LogP contribution in [0.5, 0.6) is 5.75 Å². The molecule has 0 aliphatic heterocycles. The number of fused-ring (bicyclic) bond motifs is 1. The summed E-state index contributed by atoms with van der Waals surface area (Å²) in [6.45, 7) is 0. The average Bonchev–Trinajstić information content (AvgIpc) is 3.06. The van der Waals surface area contributed by atoms with E-state index in [0.717, 1.165) is 54.1 Å². The zero-order chi connectivity index (χ0) is 18.1. The normalized spacial score (nSPS) is 20.2. The third-order valence-electron chi connectivity index (χ3n) is 5.00. The third kappa shape index (κ3) is 3.30. The molecule has 0 amide bonds. The van der Waals surface area contributed by atoms with Gasteiger partial charge in [-0.2, -0.15) is 0 Å². The Labute approximate surface area is 152 Å². The lowest BCUT2D eigenvalue weighted by Crippen LogP contribution is -2.25. The highest BCUT2D eigenvalue weighted by molar-refractivity contribution is 5.76. The summed E-state index contributed by atoms with van der Waals surface area (Å²) in [7, 11) is 1.65. The van der Waals surface area contributed by atoms with E-state index in [-0.39, 0.29) is 0 Å². The van der Waals surface area contributed by atoms with Crippen molar-refractivity contribution in [1.29, 1.82) is 0 Å². The smallest absolute Gasteiger partial charge is 0.177 e. The minimum atomic E-state index is 0.322. The summed E-state index contributed by atoms with van der Waals surface area (Å²) in [6, 6.07) is 9.88. The number of nitrogens with zero attached hydrogens (tertiary/aromatic N) is 3. The van der Waals surface area contributed by atoms with Gasteiger partial charge in [0.1, 0.15) is 11.6 Å². The Balaban J connectivity index is 1.67. The molecule has 26 heavy (non-hydrogen) atoms. The van der Waals surface area contributed by atoms with Gasteiger partial charge in [0.25, 0.3) is 0 Å². The van der Waals surface area contributed by atoms with E-state index in [1.54, 1.807) is 11.6 Å². The Morgan fingerprint density at radius 2 is 2.00 bits per heavy atom. The van der Waals surface area contributed by atoms with Gasteiger partial charge in [-0.25, -0.2) is 9.50 Å². The molecule has 2 heterocycles. The van der Waals surface area contributed by atoms with Gasteiger partial charge in [0.2, 0.25) is 0 Å². The number of ether oxygens (including phenoxy) is 1. The molecule has 0 unspecified atom stereocenters. The zero-order valence-corrected chi connectivity index (χ0v) is 14.9. The maximum Gasteiger partial charge on any atom is 0.177 e. The first kappa shape index (κ1) is 16.7. The van der Waals surface area contributed by atoms with Gasteiger partial charge < -0.3 is 21.5 Å². The van der Waals surface area contributed by atoms with E-state index in [2.05, 4.69) is 10.4 Å². The van der Waals surface area contributed by atoms with Gasteiger partial charge in [0.15, 0.2) is 5.65 Å². The van der Waals surface area contributed by atoms with Crippen molar-refractivity contribution in [2.24, 2.45) is 5.73 Å². The van der Waals surface area contributed by atoms with Crippen LogP contribution < -0.4 is 21.5 Å². The molecule has 1 aliphatic rings. The van der Waals surface area contributed by atoms with Crippen molar-refractivity contribution >= 4 is 22.8 Å². The molecule has 1 saturated carbocycles. The van der Waals surface area contributed by atoms with Crippen molar-refractivity contribution in [2.45, 2.75) is 37.6 Å². The molecule has 4 rings (SSSR count). The fourth-order valence-corrected chi connectivity index (χ4v) is 3.57. The highest BCUT2D eigenvalue weighted by atomic mass is 16.5. The van der Waals surface area contributed by atoms with E-state index in [0.29, 0.717) is 17.8 Å². The monoisotopic (exact) mass is 352 g/mol. The van der Waals surface area contributed by atoms with Crippen molar-refractivity contribution in [2.75, 3.05) is 18.2 Å². The zero-order valence-electron chi connectivity index (χ0n) is 14.9. The number of anilines is 3. The van der Waals surface area contributed by atoms with E-state index in [1.165, 1.54) is 0 Å². The summed E-state index contributed by atoms with van der Waals surface area (Å²) in [5.74, 6) is 1.66. The van der Waals surface area contributed by atoms with Gasteiger partial charge in [0.05, 0.1) is 24.7 Å². The number of imidazole rings is 1. The second kappa shape index (κ2) is 6.84. The molecule has 1 aliphatic carbocycles. The second-order valence-corrected chi connectivity index (χ2v) is 6.89. The van der Waals surface area contributed by atoms with E-state index in [1.807, 2.05) is 36.5 Å². The summed E-state index contributed by atoms with van der Waals surface area (Å²) in [5, 5.41) is 7.77. The van der Waals surface area contributed by atoms with Gasteiger partial charge in [-0.1, -0.05) is 6.07 Å². The molecule has 0 spiro atoms. The van der Waals surface area contributed by atoms with Crippen LogP contribution in [0.2, 0.25) is 0 Å². The van der Waals surface area contributed by atoms with Crippen molar-refractivity contribution in [3.8, 4) is 5.75 Å². The molecule has 1 fully saturated rings. The largest absolute Gasteiger partial charge is 0.497 e. The number of benzene rings is 1. The number of aromatic nitrogens is 3. The third-order valence-corrected chi connectivity index (χ3v) is 5.00. The van der Waals surface area contributed by atoms with Crippen LogP contribution in [0.25, 0.3) is 5.65 Å². The van der Waals surface area contributed by atoms with Crippen LogP contribution in [0.1, 0.15) is 37.3 Å². The summed E-state index contributed by atoms with van der Waals surface area (Å²) in [5.41, 5.74) is 15.6. The number of hydrogen-bond acceptors (Lipinski definition) is 6. The Hall–Kier alpha value is -2.80. The van der Waals surface area contributed by atoms with E-state index < -0.39 is 0 Å². The van der Waals surface area contributed by atoms with Crippen LogP contribution in [0.4, 0.5) is 17.2 Å². The molecule has 0 atom stereocenters. The number of nitrogens with two attached hydrogens (primary N) is 2. The minimum absolute atomic E-state index is 0.322. The number of methoxy groups -OCH3 is 1. The first-order valence-corrected chi connectivity index (χ1v) is 8.95. The van der Waals surface area contributed by atoms with Crippen LogP contribution in [-0.4, -0.2) is 27.7 Å². The van der Waals surface area contributed by atoms with Crippen LogP contribution in [-0.2, 0) is 0 Å². The molecule has 0 saturated heterocycles. The van der Waals surface area contributed by atoms with Crippen LogP contribution in [0.15, 0.2) is 36.5 Å². The predicted molar refractivity (Wildman–Crippen MR) is 103 cm³/mol.